The Morgan fingerprint density at radius 1 is 1.17 bits per heavy atom. The van der Waals surface area contributed by atoms with E-state index in [0.717, 1.165) is 11.6 Å². The van der Waals surface area contributed by atoms with Crippen molar-refractivity contribution in [1.82, 2.24) is 24.4 Å². The molecule has 1 N–H and O–H groups in total. The highest BCUT2D eigenvalue weighted by Gasteiger charge is 2.37. The average molecular weight is 521 g/mol. The molecule has 0 radical (unpaired) electrons. The molecular formula is C22H13ClF4N6OS. The van der Waals surface area contributed by atoms with Crippen LogP contribution < -0.4 is 5.32 Å². The first-order chi connectivity index (χ1) is 16.7. The summed E-state index contributed by atoms with van der Waals surface area (Å²) in [5.74, 6) is -1.19. The molecule has 1 amide bonds. The molecule has 0 aliphatic heterocycles. The number of nitrogens with zero attached hydrogens (tertiary/aromatic N) is 5. The minimum absolute atomic E-state index is 0.0654. The van der Waals surface area contributed by atoms with Crippen molar-refractivity contribution < 1.29 is 22.4 Å². The van der Waals surface area contributed by atoms with Crippen molar-refractivity contribution in [2.75, 3.05) is 5.32 Å². The molecule has 0 bridgehead atoms. The third-order valence-electron chi connectivity index (χ3n) is 4.96. The maximum atomic E-state index is 13.8. The second-order valence-corrected chi connectivity index (χ2v) is 8.73. The van der Waals surface area contributed by atoms with E-state index in [0.29, 0.717) is 15.9 Å². The van der Waals surface area contributed by atoms with Crippen LogP contribution in [0.1, 0.15) is 21.7 Å². The van der Waals surface area contributed by atoms with Crippen LogP contribution in [-0.4, -0.2) is 30.3 Å². The molecule has 4 aromatic heterocycles. The molecule has 0 saturated heterocycles. The van der Waals surface area contributed by atoms with E-state index in [9.17, 15) is 22.4 Å². The smallest absolute Gasteiger partial charge is 0.318 e. The first-order valence-corrected chi connectivity index (χ1v) is 11.2. The number of rotatable bonds is 5. The number of alkyl halides is 3. The van der Waals surface area contributed by atoms with Gasteiger partial charge in [0.1, 0.15) is 10.8 Å². The lowest BCUT2D eigenvalue weighted by atomic mass is 10.2. The van der Waals surface area contributed by atoms with Crippen LogP contribution in [0.5, 0.6) is 0 Å². The first kappa shape index (κ1) is 23.0. The molecule has 178 valence electrons. The molecule has 7 nitrogen and oxygen atoms in total. The van der Waals surface area contributed by atoms with Crippen LogP contribution in [0.3, 0.4) is 0 Å². The van der Waals surface area contributed by atoms with Gasteiger partial charge in [-0.3, -0.25) is 9.48 Å². The molecule has 1 aromatic carbocycles. The quantitative estimate of drug-likeness (QED) is 0.299. The van der Waals surface area contributed by atoms with E-state index >= 15 is 0 Å². The largest absolute Gasteiger partial charge is 0.433 e. The van der Waals surface area contributed by atoms with Gasteiger partial charge in [0.15, 0.2) is 17.0 Å². The Balaban J connectivity index is 1.45. The van der Waals surface area contributed by atoms with Crippen molar-refractivity contribution in [3.8, 4) is 10.6 Å². The second-order valence-electron chi connectivity index (χ2n) is 7.41. The van der Waals surface area contributed by atoms with Gasteiger partial charge in [-0.2, -0.15) is 23.4 Å². The molecule has 0 aliphatic carbocycles. The van der Waals surface area contributed by atoms with E-state index in [-0.39, 0.29) is 27.9 Å². The van der Waals surface area contributed by atoms with Crippen LogP contribution in [0.2, 0.25) is 5.02 Å². The molecule has 5 rings (SSSR count). The Kier molecular flexibility index (Phi) is 5.77. The molecule has 4 heterocycles. The summed E-state index contributed by atoms with van der Waals surface area (Å²) in [6.07, 6.45) is -1.89. The Morgan fingerprint density at radius 3 is 2.63 bits per heavy atom. The number of nitrogens with one attached hydrogen (secondary N) is 1. The summed E-state index contributed by atoms with van der Waals surface area (Å²) >= 11 is 7.50. The lowest BCUT2D eigenvalue weighted by molar-refractivity contribution is -0.142. The number of thiophene rings is 1. The number of aromatic nitrogens is 5. The Bertz CT molecular complexity index is 1530. The zero-order valence-electron chi connectivity index (χ0n) is 17.4. The van der Waals surface area contributed by atoms with E-state index in [1.165, 1.54) is 40.5 Å². The van der Waals surface area contributed by atoms with Crippen molar-refractivity contribution in [2.45, 2.75) is 12.7 Å². The summed E-state index contributed by atoms with van der Waals surface area (Å²) in [5.41, 5.74) is -0.701. The normalized spacial score (nSPS) is 11.8. The summed E-state index contributed by atoms with van der Waals surface area (Å²) < 4.78 is 56.4. The lowest BCUT2D eigenvalue weighted by Crippen LogP contribution is -2.15. The van der Waals surface area contributed by atoms with Crippen LogP contribution in [0.25, 0.3) is 16.2 Å². The number of anilines is 1. The number of hydrogen-bond donors (Lipinski definition) is 1. The molecule has 5 aromatic rings. The Labute approximate surface area is 203 Å². The maximum absolute atomic E-state index is 13.8. The predicted molar refractivity (Wildman–Crippen MR) is 122 cm³/mol. The number of hydrogen-bond acceptors (Lipinski definition) is 5. The van der Waals surface area contributed by atoms with E-state index < -0.39 is 23.5 Å². The fourth-order valence-corrected chi connectivity index (χ4v) is 4.30. The Morgan fingerprint density at radius 2 is 1.94 bits per heavy atom. The molecule has 0 spiro atoms. The average Bonchev–Trinajstić information content (AvgIpc) is 3.55. The van der Waals surface area contributed by atoms with Crippen molar-refractivity contribution >= 4 is 40.2 Å². The minimum Gasteiger partial charge on any atom is -0.318 e. The van der Waals surface area contributed by atoms with Crippen molar-refractivity contribution in [2.24, 2.45) is 0 Å². The molecule has 0 saturated carbocycles. The summed E-state index contributed by atoms with van der Waals surface area (Å²) in [7, 11) is 0. The number of benzene rings is 1. The second kappa shape index (κ2) is 8.78. The monoisotopic (exact) mass is 520 g/mol. The van der Waals surface area contributed by atoms with Gasteiger partial charge in [0.2, 0.25) is 0 Å². The standard InChI is InChI=1S/C22H13ClF4N6OS/c23-18-19(21(34)29-14-9-28-32(11-14)10-12-3-5-13(24)6-4-12)31-33-17(22(25,26)27)8-15(30-20(18)33)16-2-1-7-35-16/h1-9,11H,10H2,(H,29,34). The number of amides is 1. The lowest BCUT2D eigenvalue weighted by Gasteiger charge is -2.10. The fourth-order valence-electron chi connectivity index (χ4n) is 3.37. The molecule has 13 heteroatoms. The van der Waals surface area contributed by atoms with Gasteiger partial charge in [0, 0.05) is 6.20 Å². The van der Waals surface area contributed by atoms with Crippen LogP contribution >= 0.6 is 22.9 Å². The van der Waals surface area contributed by atoms with Gasteiger partial charge in [-0.1, -0.05) is 29.8 Å². The van der Waals surface area contributed by atoms with Gasteiger partial charge < -0.3 is 5.32 Å². The topological polar surface area (TPSA) is 77.1 Å². The minimum atomic E-state index is -4.77. The van der Waals surface area contributed by atoms with Crippen molar-refractivity contribution in [3.63, 3.8) is 0 Å². The fraction of sp³-hybridized carbons (Fsp3) is 0.0909. The molecular weight excluding hydrogens is 508 g/mol. The summed E-state index contributed by atoms with van der Waals surface area (Å²) in [6.45, 7) is 0.315. The van der Waals surface area contributed by atoms with Gasteiger partial charge in [-0.05, 0) is 35.2 Å². The van der Waals surface area contributed by atoms with E-state index in [2.05, 4.69) is 20.5 Å². The van der Waals surface area contributed by atoms with E-state index in [4.69, 9.17) is 11.6 Å². The number of halogens is 5. The molecule has 0 fully saturated rings. The number of carbonyl (C=O) groups is 1. The highest BCUT2D eigenvalue weighted by atomic mass is 35.5. The van der Waals surface area contributed by atoms with E-state index in [1.54, 1.807) is 29.6 Å². The summed E-state index contributed by atoms with van der Waals surface area (Å²) in [6, 6.07) is 10.0. The van der Waals surface area contributed by atoms with Crippen molar-refractivity contribution in [1.29, 1.82) is 0 Å². The van der Waals surface area contributed by atoms with E-state index in [1.807, 2.05) is 0 Å². The van der Waals surface area contributed by atoms with Crippen LogP contribution in [0.15, 0.2) is 60.2 Å². The maximum Gasteiger partial charge on any atom is 0.433 e. The van der Waals surface area contributed by atoms with Gasteiger partial charge in [0.25, 0.3) is 5.91 Å². The third-order valence-corrected chi connectivity index (χ3v) is 6.20. The van der Waals surface area contributed by atoms with Gasteiger partial charge in [-0.15, -0.1) is 11.3 Å². The molecule has 0 aliphatic rings. The highest BCUT2D eigenvalue weighted by Crippen LogP contribution is 2.35. The van der Waals surface area contributed by atoms with Gasteiger partial charge in [0.05, 0.1) is 29.0 Å². The number of carbonyl (C=O) groups excluding carboxylic acids is 1. The highest BCUT2D eigenvalue weighted by molar-refractivity contribution is 7.13. The number of fused-ring (bicyclic) bond motifs is 1. The third kappa shape index (κ3) is 4.62. The van der Waals surface area contributed by atoms with Gasteiger partial charge >= 0.3 is 6.18 Å². The van der Waals surface area contributed by atoms with Gasteiger partial charge in [-0.25, -0.2) is 13.9 Å². The zero-order chi connectivity index (χ0) is 24.7. The van der Waals surface area contributed by atoms with Crippen LogP contribution in [0, 0.1) is 5.82 Å². The molecule has 35 heavy (non-hydrogen) atoms. The zero-order valence-corrected chi connectivity index (χ0v) is 19.0. The molecule has 0 unspecified atom stereocenters. The van der Waals surface area contributed by atoms with Crippen LogP contribution in [0.4, 0.5) is 23.2 Å². The SMILES string of the molecule is O=C(Nc1cnn(Cc2ccc(F)cc2)c1)c1nn2c(C(F)(F)F)cc(-c3cccs3)nc2c1Cl. The Hall–Kier alpha value is -3.77. The van der Waals surface area contributed by atoms with Crippen molar-refractivity contribution in [3.05, 3.63) is 88.0 Å². The predicted octanol–water partition coefficient (Wildman–Crippen LogP) is 5.77. The summed E-state index contributed by atoms with van der Waals surface area (Å²) in [5, 5.41) is 11.9. The molecule has 0 atom stereocenters. The summed E-state index contributed by atoms with van der Waals surface area (Å²) in [4.78, 5) is 17.6. The first-order valence-electron chi connectivity index (χ1n) is 9.97. The van der Waals surface area contributed by atoms with Crippen LogP contribution in [-0.2, 0) is 12.7 Å².